The summed E-state index contributed by atoms with van der Waals surface area (Å²) in [5, 5.41) is 2.42. The number of hydrogen-bond acceptors (Lipinski definition) is 2. The lowest BCUT2D eigenvalue weighted by molar-refractivity contribution is 0.0998. The van der Waals surface area contributed by atoms with Crippen molar-refractivity contribution in [2.75, 3.05) is 13.1 Å². The van der Waals surface area contributed by atoms with E-state index in [0.29, 0.717) is 14.1 Å². The molecule has 2 fully saturated rings. The van der Waals surface area contributed by atoms with Crippen LogP contribution in [0.25, 0.3) is 0 Å². The Hall–Kier alpha value is -1.57. The van der Waals surface area contributed by atoms with Crippen LogP contribution in [0.4, 0.5) is 0 Å². The topological polar surface area (TPSA) is 46.3 Å². The van der Waals surface area contributed by atoms with E-state index in [0.717, 1.165) is 43.1 Å². The summed E-state index contributed by atoms with van der Waals surface area (Å²) < 4.78 is 0. The summed E-state index contributed by atoms with van der Waals surface area (Å²) >= 11 is 0. The zero-order valence-electron chi connectivity index (χ0n) is 17.2. The molecule has 2 aromatic rings. The summed E-state index contributed by atoms with van der Waals surface area (Å²) in [6.07, 6.45) is 6.05. The maximum atomic E-state index is 12.4. The highest BCUT2D eigenvalue weighted by atomic mass is 31.0. The monoisotopic (exact) mass is 396 g/mol. The van der Waals surface area contributed by atoms with Gasteiger partial charge in [-0.25, -0.2) is 0 Å². The van der Waals surface area contributed by atoms with Crippen molar-refractivity contribution in [1.29, 1.82) is 0 Å². The fourth-order valence-corrected chi connectivity index (χ4v) is 6.87. The van der Waals surface area contributed by atoms with E-state index in [-0.39, 0.29) is 5.91 Å². The lowest BCUT2D eigenvalue weighted by atomic mass is 9.76. The van der Waals surface area contributed by atoms with Gasteiger partial charge in [-0.1, -0.05) is 44.2 Å². The fourth-order valence-electron chi connectivity index (χ4n) is 5.33. The zero-order valence-corrected chi connectivity index (χ0v) is 18.2. The molecule has 1 aliphatic heterocycles. The van der Waals surface area contributed by atoms with Gasteiger partial charge in [0, 0.05) is 19.0 Å². The molecule has 3 atom stereocenters. The molecule has 1 aromatic heterocycles. The minimum absolute atomic E-state index is 0.183. The highest BCUT2D eigenvalue weighted by Gasteiger charge is 2.42. The van der Waals surface area contributed by atoms with E-state index in [1.165, 1.54) is 47.8 Å². The maximum Gasteiger partial charge on any atom is 0.252 e. The summed E-state index contributed by atoms with van der Waals surface area (Å²) in [7, 11) is 0.499. The molecule has 1 saturated carbocycles. The third-order valence-electron chi connectivity index (χ3n) is 6.79. The quantitative estimate of drug-likeness (QED) is 0.719. The van der Waals surface area contributed by atoms with Crippen LogP contribution in [-0.4, -0.2) is 23.9 Å². The molecule has 150 valence electrons. The number of aryl methyl sites for hydroxylation is 1. The van der Waals surface area contributed by atoms with E-state index in [4.69, 9.17) is 5.73 Å². The van der Waals surface area contributed by atoms with Crippen molar-refractivity contribution in [2.24, 2.45) is 17.6 Å². The molecule has 1 amide bonds. The number of nitrogens with zero attached hydrogens (tertiary/aromatic N) is 1. The molecule has 3 nitrogen and oxygen atoms in total. The summed E-state index contributed by atoms with van der Waals surface area (Å²) in [6, 6.07) is 10.8. The summed E-state index contributed by atoms with van der Waals surface area (Å²) in [5.41, 5.74) is 10.1. The second kappa shape index (κ2) is 8.43. The number of carbonyl (C=O) groups excluding carboxylic acids is 1. The van der Waals surface area contributed by atoms with Gasteiger partial charge in [0.2, 0.25) is 0 Å². The van der Waals surface area contributed by atoms with Gasteiger partial charge in [0.15, 0.2) is 0 Å². The number of likely N-dealkylation sites (tertiary alicyclic amines) is 1. The van der Waals surface area contributed by atoms with Crippen LogP contribution in [0.3, 0.4) is 0 Å². The van der Waals surface area contributed by atoms with Crippen LogP contribution in [0.1, 0.15) is 71.1 Å². The van der Waals surface area contributed by atoms with Crippen molar-refractivity contribution < 1.29 is 4.79 Å². The van der Waals surface area contributed by atoms with E-state index < -0.39 is 0 Å². The Labute approximate surface area is 170 Å². The predicted octanol–water partition coefficient (Wildman–Crippen LogP) is 4.96. The first-order valence-electron chi connectivity index (χ1n) is 10.9. The van der Waals surface area contributed by atoms with Gasteiger partial charge >= 0.3 is 0 Å². The second-order valence-corrected chi connectivity index (χ2v) is 9.91. The molecule has 2 aliphatic rings. The molecule has 0 bridgehead atoms. The Bertz CT molecular complexity index is 825. The number of carbonyl (C=O) groups is 1. The lowest BCUT2D eigenvalue weighted by Crippen LogP contribution is -2.40. The van der Waals surface area contributed by atoms with Crippen LogP contribution in [0.15, 0.2) is 30.3 Å². The Balaban J connectivity index is 1.68. The summed E-state index contributed by atoms with van der Waals surface area (Å²) in [6.45, 7) is 7.70. The molecule has 2 N–H and O–H groups in total. The van der Waals surface area contributed by atoms with Gasteiger partial charge in [-0.05, 0) is 72.5 Å². The van der Waals surface area contributed by atoms with Crippen molar-refractivity contribution in [3.05, 3.63) is 57.6 Å². The van der Waals surface area contributed by atoms with Crippen LogP contribution < -0.4 is 5.73 Å². The first-order valence-corrected chi connectivity index (χ1v) is 11.9. The largest absolute Gasteiger partial charge is 0.365 e. The maximum absolute atomic E-state index is 12.4. The van der Waals surface area contributed by atoms with E-state index in [2.05, 4.69) is 49.1 Å². The van der Waals surface area contributed by atoms with Crippen molar-refractivity contribution in [3.63, 3.8) is 0 Å². The normalized spacial score (nSPS) is 23.4. The second-order valence-electron chi connectivity index (χ2n) is 8.56. The summed E-state index contributed by atoms with van der Waals surface area (Å²) in [4.78, 5) is 15.0. The van der Waals surface area contributed by atoms with Crippen LogP contribution >= 0.6 is 8.19 Å². The molecule has 4 heteroatoms. The number of primary amides is 1. The number of hydrogen-bond donors (Lipinski definition) is 1. The van der Waals surface area contributed by atoms with Gasteiger partial charge in [-0.2, -0.15) is 0 Å². The van der Waals surface area contributed by atoms with Crippen LogP contribution in [0.5, 0.6) is 0 Å². The molecule has 1 saturated heterocycles. The first kappa shape index (κ1) is 19.7. The van der Waals surface area contributed by atoms with E-state index in [1.54, 1.807) is 0 Å². The number of benzene rings is 1. The third-order valence-corrected chi connectivity index (χ3v) is 8.51. The van der Waals surface area contributed by atoms with Crippen molar-refractivity contribution in [1.82, 2.24) is 4.90 Å². The number of piperidine rings is 1. The summed E-state index contributed by atoms with van der Waals surface area (Å²) in [5.74, 6) is 1.87. The van der Waals surface area contributed by atoms with Gasteiger partial charge in [0.1, 0.15) is 0 Å². The molecule has 1 unspecified atom stereocenters. The minimum Gasteiger partial charge on any atom is -0.365 e. The molecule has 1 aliphatic carbocycles. The fraction of sp³-hybridized carbons (Fsp3) is 0.542. The SMILES string of the molecule is CCc1[pH]c(C(N)=O)c([C@@H]2CN(Cc3ccccc3)CC[C@H]2C2CC2)c1CC. The first-order chi connectivity index (χ1) is 13.6. The van der Waals surface area contributed by atoms with E-state index in [9.17, 15) is 4.79 Å². The Morgan fingerprint density at radius 3 is 2.50 bits per heavy atom. The molecular formula is C24H33N2OP. The van der Waals surface area contributed by atoms with Crippen LogP contribution in [-0.2, 0) is 19.4 Å². The highest BCUT2D eigenvalue weighted by Crippen LogP contribution is 2.51. The van der Waals surface area contributed by atoms with Crippen molar-refractivity contribution in [2.45, 2.75) is 58.4 Å². The minimum atomic E-state index is -0.183. The number of rotatable bonds is 7. The lowest BCUT2D eigenvalue weighted by Gasteiger charge is -2.40. The molecule has 1 aromatic carbocycles. The molecule has 2 heterocycles. The van der Waals surface area contributed by atoms with Crippen LogP contribution in [0, 0.1) is 11.8 Å². The van der Waals surface area contributed by atoms with Gasteiger partial charge in [0.25, 0.3) is 5.91 Å². The van der Waals surface area contributed by atoms with Gasteiger partial charge in [-0.15, -0.1) is 8.19 Å². The van der Waals surface area contributed by atoms with Gasteiger partial charge in [0.05, 0.1) is 5.30 Å². The predicted molar refractivity (Wildman–Crippen MR) is 119 cm³/mol. The zero-order chi connectivity index (χ0) is 19.7. The van der Waals surface area contributed by atoms with E-state index in [1.807, 2.05) is 0 Å². The molecule has 0 spiro atoms. The molecular weight excluding hydrogens is 363 g/mol. The number of amides is 1. The Morgan fingerprint density at radius 1 is 1.14 bits per heavy atom. The Kier molecular flexibility index (Phi) is 5.94. The highest BCUT2D eigenvalue weighted by molar-refractivity contribution is 7.33. The van der Waals surface area contributed by atoms with Crippen molar-refractivity contribution >= 4 is 14.1 Å². The smallest absolute Gasteiger partial charge is 0.252 e. The standard InChI is InChI=1S/C24H33N2OP/c1-3-18-21(4-2)28-23(24(25)27)22(18)20-15-26(13-12-19(20)17-10-11-17)14-16-8-6-5-7-9-16/h5-9,17,19-20,28H,3-4,10-15H2,1-2H3,(H2,25,27)/t19-,20+/m0/s1. The molecule has 28 heavy (non-hydrogen) atoms. The average Bonchev–Trinajstić information content (AvgIpc) is 3.47. The molecule has 4 rings (SSSR count). The van der Waals surface area contributed by atoms with Gasteiger partial charge < -0.3 is 5.73 Å². The van der Waals surface area contributed by atoms with Gasteiger partial charge in [-0.3, -0.25) is 9.69 Å². The number of nitrogens with two attached hydrogens (primary N) is 1. The van der Waals surface area contributed by atoms with E-state index >= 15 is 0 Å². The molecule has 0 radical (unpaired) electrons. The Morgan fingerprint density at radius 2 is 1.89 bits per heavy atom. The van der Waals surface area contributed by atoms with Crippen molar-refractivity contribution in [3.8, 4) is 0 Å². The van der Waals surface area contributed by atoms with Crippen LogP contribution in [0.2, 0.25) is 0 Å². The average molecular weight is 397 g/mol. The third kappa shape index (κ3) is 3.93.